The Hall–Kier alpha value is -0.900. The third kappa shape index (κ3) is 3.56. The first-order valence-electron chi connectivity index (χ1n) is 7.12. The summed E-state index contributed by atoms with van der Waals surface area (Å²) in [6.07, 6.45) is 2.30. The van der Waals surface area contributed by atoms with E-state index in [-0.39, 0.29) is 0 Å². The molecule has 3 nitrogen and oxygen atoms in total. The fraction of sp³-hybridized carbons (Fsp3) is 0.625. The Bertz CT molecular complexity index is 388. The molecule has 1 aromatic carbocycles. The average molecular weight is 263 g/mol. The van der Waals surface area contributed by atoms with Crippen molar-refractivity contribution < 1.29 is 9.47 Å². The number of rotatable bonds is 8. The van der Waals surface area contributed by atoms with Gasteiger partial charge >= 0.3 is 0 Å². The monoisotopic (exact) mass is 263 g/mol. The zero-order chi connectivity index (χ0) is 13.6. The number of methoxy groups -OCH3 is 1. The molecule has 0 atom stereocenters. The second-order valence-corrected chi connectivity index (χ2v) is 5.41. The van der Waals surface area contributed by atoms with Crippen LogP contribution in [0.25, 0.3) is 0 Å². The van der Waals surface area contributed by atoms with Gasteiger partial charge in [0.15, 0.2) is 0 Å². The van der Waals surface area contributed by atoms with Crippen molar-refractivity contribution in [1.29, 1.82) is 0 Å². The van der Waals surface area contributed by atoms with E-state index in [0.717, 1.165) is 26.1 Å². The van der Waals surface area contributed by atoms with Gasteiger partial charge in [0.05, 0.1) is 13.2 Å². The maximum absolute atomic E-state index is 5.56. The van der Waals surface area contributed by atoms with E-state index < -0.39 is 0 Å². The van der Waals surface area contributed by atoms with E-state index >= 15 is 0 Å². The highest BCUT2D eigenvalue weighted by atomic mass is 16.5. The summed E-state index contributed by atoms with van der Waals surface area (Å²) in [5.74, 6) is 0. The fourth-order valence-electron chi connectivity index (χ4n) is 2.85. The number of nitrogens with one attached hydrogen (secondary N) is 1. The number of ether oxygens (including phenoxy) is 2. The van der Waals surface area contributed by atoms with Crippen LogP contribution in [-0.2, 0) is 14.9 Å². The predicted molar refractivity (Wildman–Crippen MR) is 77.7 cm³/mol. The zero-order valence-corrected chi connectivity index (χ0v) is 12.1. The molecular formula is C16H25NO2. The van der Waals surface area contributed by atoms with Crippen molar-refractivity contribution in [2.75, 3.05) is 40.0 Å². The van der Waals surface area contributed by atoms with Crippen LogP contribution in [0, 0.1) is 6.92 Å². The molecule has 1 heterocycles. The highest BCUT2D eigenvalue weighted by Crippen LogP contribution is 2.35. The smallest absolute Gasteiger partial charge is 0.0700 e. The third-order valence-electron chi connectivity index (χ3n) is 4.02. The number of hydrogen-bond acceptors (Lipinski definition) is 3. The highest BCUT2D eigenvalue weighted by molar-refractivity contribution is 5.36. The van der Waals surface area contributed by atoms with Gasteiger partial charge in [-0.15, -0.1) is 0 Å². The van der Waals surface area contributed by atoms with E-state index in [4.69, 9.17) is 9.47 Å². The Morgan fingerprint density at radius 3 is 2.58 bits per heavy atom. The molecule has 1 saturated heterocycles. The first-order chi connectivity index (χ1) is 9.28. The average Bonchev–Trinajstić information content (AvgIpc) is 2.37. The van der Waals surface area contributed by atoms with Crippen LogP contribution in [0.4, 0.5) is 0 Å². The molecule has 2 rings (SSSR count). The van der Waals surface area contributed by atoms with Crippen molar-refractivity contribution >= 4 is 0 Å². The number of aryl methyl sites for hydroxylation is 1. The molecule has 0 unspecified atom stereocenters. The minimum Gasteiger partial charge on any atom is -0.382 e. The van der Waals surface area contributed by atoms with Gasteiger partial charge in [0.1, 0.15) is 0 Å². The molecule has 3 heteroatoms. The van der Waals surface area contributed by atoms with Crippen LogP contribution in [0.1, 0.15) is 24.0 Å². The molecular weight excluding hydrogens is 238 g/mol. The van der Waals surface area contributed by atoms with Gasteiger partial charge in [-0.1, -0.05) is 24.3 Å². The Kier molecular flexibility index (Phi) is 5.37. The molecule has 0 bridgehead atoms. The Labute approximate surface area is 116 Å². The van der Waals surface area contributed by atoms with Gasteiger partial charge in [-0.3, -0.25) is 0 Å². The molecule has 106 valence electrons. The third-order valence-corrected chi connectivity index (χ3v) is 4.02. The van der Waals surface area contributed by atoms with E-state index in [1.165, 1.54) is 17.5 Å². The van der Waals surface area contributed by atoms with Crippen LogP contribution in [-0.4, -0.2) is 40.0 Å². The van der Waals surface area contributed by atoms with Crippen molar-refractivity contribution in [2.24, 2.45) is 0 Å². The normalized spacial score (nSPS) is 17.2. The summed E-state index contributed by atoms with van der Waals surface area (Å²) < 4.78 is 10.5. The van der Waals surface area contributed by atoms with E-state index in [1.54, 1.807) is 7.11 Å². The van der Waals surface area contributed by atoms with E-state index in [0.29, 0.717) is 18.6 Å². The molecule has 1 aliphatic rings. The quantitative estimate of drug-likeness (QED) is 0.730. The molecule has 0 radical (unpaired) electrons. The van der Waals surface area contributed by atoms with Crippen molar-refractivity contribution in [2.45, 2.75) is 25.2 Å². The van der Waals surface area contributed by atoms with Crippen molar-refractivity contribution in [3.63, 3.8) is 0 Å². The second kappa shape index (κ2) is 7.04. The summed E-state index contributed by atoms with van der Waals surface area (Å²) in [7, 11) is 1.70. The first kappa shape index (κ1) is 14.5. The molecule has 1 N–H and O–H groups in total. The van der Waals surface area contributed by atoms with Gasteiger partial charge in [0.25, 0.3) is 0 Å². The van der Waals surface area contributed by atoms with Crippen LogP contribution in [0.2, 0.25) is 0 Å². The Morgan fingerprint density at radius 1 is 1.16 bits per heavy atom. The fourth-order valence-corrected chi connectivity index (χ4v) is 2.85. The topological polar surface area (TPSA) is 30.5 Å². The summed E-state index contributed by atoms with van der Waals surface area (Å²) in [5, 5.41) is 3.43. The Morgan fingerprint density at radius 2 is 1.95 bits per heavy atom. The molecule has 1 fully saturated rings. The second-order valence-electron chi connectivity index (χ2n) is 5.41. The lowest BCUT2D eigenvalue weighted by Crippen LogP contribution is -2.57. The van der Waals surface area contributed by atoms with Gasteiger partial charge in [0, 0.05) is 32.2 Å². The molecule has 0 aliphatic carbocycles. The molecule has 1 aromatic rings. The van der Waals surface area contributed by atoms with Gasteiger partial charge in [-0.2, -0.15) is 0 Å². The van der Waals surface area contributed by atoms with E-state index in [2.05, 4.69) is 36.5 Å². The molecule has 1 aliphatic heterocycles. The van der Waals surface area contributed by atoms with Crippen LogP contribution < -0.4 is 5.32 Å². The first-order valence-corrected chi connectivity index (χ1v) is 7.12. The van der Waals surface area contributed by atoms with Crippen LogP contribution in [0.3, 0.4) is 0 Å². The maximum Gasteiger partial charge on any atom is 0.0700 e. The standard InChI is InChI=1S/C16H25NO2/c1-14-6-3-4-7-15(14)16(12-17-13-16)8-5-9-19-11-10-18-2/h3-4,6-7,17H,5,8-13H2,1-2H3. The maximum atomic E-state index is 5.56. The van der Waals surface area contributed by atoms with Gasteiger partial charge in [-0.05, 0) is 30.9 Å². The highest BCUT2D eigenvalue weighted by Gasteiger charge is 2.38. The predicted octanol–water partition coefficient (Wildman–Crippen LogP) is 2.28. The van der Waals surface area contributed by atoms with Gasteiger partial charge in [-0.25, -0.2) is 0 Å². The van der Waals surface area contributed by atoms with Crippen LogP contribution in [0.15, 0.2) is 24.3 Å². The Balaban J connectivity index is 1.84. The minimum atomic E-state index is 0.329. The molecule has 0 spiro atoms. The van der Waals surface area contributed by atoms with Crippen LogP contribution >= 0.6 is 0 Å². The number of hydrogen-bond donors (Lipinski definition) is 1. The lowest BCUT2D eigenvalue weighted by molar-refractivity contribution is 0.0644. The lowest BCUT2D eigenvalue weighted by atomic mass is 9.70. The van der Waals surface area contributed by atoms with E-state index in [1.807, 2.05) is 0 Å². The van der Waals surface area contributed by atoms with Crippen LogP contribution in [0.5, 0.6) is 0 Å². The van der Waals surface area contributed by atoms with E-state index in [9.17, 15) is 0 Å². The summed E-state index contributed by atoms with van der Waals surface area (Å²) in [6, 6.07) is 8.76. The van der Waals surface area contributed by atoms with Crippen molar-refractivity contribution in [1.82, 2.24) is 5.32 Å². The lowest BCUT2D eigenvalue weighted by Gasteiger charge is -2.44. The van der Waals surface area contributed by atoms with Crippen molar-refractivity contribution in [3.8, 4) is 0 Å². The van der Waals surface area contributed by atoms with Crippen molar-refractivity contribution in [3.05, 3.63) is 35.4 Å². The molecule has 19 heavy (non-hydrogen) atoms. The largest absolute Gasteiger partial charge is 0.382 e. The van der Waals surface area contributed by atoms with Gasteiger partial charge in [0.2, 0.25) is 0 Å². The molecule has 0 aromatic heterocycles. The van der Waals surface area contributed by atoms with Gasteiger partial charge < -0.3 is 14.8 Å². The number of benzene rings is 1. The SMILES string of the molecule is COCCOCCCC1(c2ccccc2C)CNC1. The summed E-state index contributed by atoms with van der Waals surface area (Å²) in [6.45, 7) is 6.62. The summed E-state index contributed by atoms with van der Waals surface area (Å²) in [4.78, 5) is 0. The zero-order valence-electron chi connectivity index (χ0n) is 12.1. The summed E-state index contributed by atoms with van der Waals surface area (Å²) >= 11 is 0. The molecule has 0 saturated carbocycles. The summed E-state index contributed by atoms with van der Waals surface area (Å²) in [5.41, 5.74) is 3.24. The minimum absolute atomic E-state index is 0.329. The molecule has 0 amide bonds.